The number of hydrogen-bond donors (Lipinski definition) is 2. The second kappa shape index (κ2) is 8.97. The highest BCUT2D eigenvalue weighted by atomic mass is 35.5. The van der Waals surface area contributed by atoms with E-state index >= 15 is 0 Å². The van der Waals surface area contributed by atoms with Crippen molar-refractivity contribution in [3.63, 3.8) is 0 Å². The highest BCUT2D eigenvalue weighted by Gasteiger charge is 2.20. The van der Waals surface area contributed by atoms with Crippen LogP contribution in [0.25, 0.3) is 0 Å². The summed E-state index contributed by atoms with van der Waals surface area (Å²) < 4.78 is 1.83. The lowest BCUT2D eigenvalue weighted by Gasteiger charge is -2.07. The molecule has 1 aromatic heterocycles. The van der Waals surface area contributed by atoms with Gasteiger partial charge in [-0.05, 0) is 18.2 Å². The number of nitrogens with one attached hydrogen (secondary N) is 1. The number of aromatic nitrogens is 1. The minimum absolute atomic E-state index is 0.0272. The average Bonchev–Trinajstić information content (AvgIpc) is 2.73. The number of pyridine rings is 1. The van der Waals surface area contributed by atoms with Crippen molar-refractivity contribution in [3.8, 4) is 0 Å². The van der Waals surface area contributed by atoms with Crippen LogP contribution in [0.15, 0.2) is 72.1 Å². The smallest absolute Gasteiger partial charge is 0.301 e. The van der Waals surface area contributed by atoms with Gasteiger partial charge in [-0.2, -0.15) is 9.67 Å². The van der Waals surface area contributed by atoms with Crippen molar-refractivity contribution >= 4 is 40.1 Å². The molecule has 0 bridgehead atoms. The van der Waals surface area contributed by atoms with E-state index in [2.05, 4.69) is 10.5 Å². The van der Waals surface area contributed by atoms with Gasteiger partial charge in [-0.25, -0.2) is 0 Å². The maximum atomic E-state index is 11.3. The van der Waals surface area contributed by atoms with Crippen molar-refractivity contribution in [1.29, 1.82) is 0 Å². The summed E-state index contributed by atoms with van der Waals surface area (Å²) in [6, 6.07) is 13.7. The summed E-state index contributed by atoms with van der Waals surface area (Å²) in [5, 5.41) is 27.1. The van der Waals surface area contributed by atoms with Gasteiger partial charge in [0.1, 0.15) is 11.4 Å². The van der Waals surface area contributed by atoms with Crippen LogP contribution >= 0.6 is 11.6 Å². The number of rotatable bonds is 7. The van der Waals surface area contributed by atoms with E-state index < -0.39 is 15.5 Å². The van der Waals surface area contributed by atoms with Crippen molar-refractivity contribution in [1.82, 2.24) is 0 Å². The van der Waals surface area contributed by atoms with Crippen LogP contribution in [0.1, 0.15) is 5.56 Å². The molecule has 152 valence electrons. The molecular formula is C19H16ClN6O4+. The van der Waals surface area contributed by atoms with Gasteiger partial charge in [0.05, 0.1) is 15.9 Å². The lowest BCUT2D eigenvalue weighted by Crippen LogP contribution is -2.37. The molecule has 0 aliphatic rings. The lowest BCUT2D eigenvalue weighted by molar-refractivity contribution is -0.681. The lowest BCUT2D eigenvalue weighted by atomic mass is 10.1. The number of anilines is 2. The van der Waals surface area contributed by atoms with Crippen LogP contribution < -0.4 is 15.7 Å². The third-order valence-corrected chi connectivity index (χ3v) is 4.38. The maximum Gasteiger partial charge on any atom is 0.301 e. The minimum Gasteiger partial charge on any atom is -0.398 e. The van der Waals surface area contributed by atoms with Gasteiger partial charge < -0.3 is 5.73 Å². The van der Waals surface area contributed by atoms with Crippen LogP contribution in [0.3, 0.4) is 0 Å². The van der Waals surface area contributed by atoms with E-state index in [1.54, 1.807) is 48.8 Å². The van der Waals surface area contributed by atoms with Crippen LogP contribution in [0.2, 0.25) is 5.02 Å². The number of nitro groups is 2. The van der Waals surface area contributed by atoms with Gasteiger partial charge in [-0.15, -0.1) is 0 Å². The topological polar surface area (TPSA) is 141 Å². The van der Waals surface area contributed by atoms with Crippen LogP contribution in [0.5, 0.6) is 0 Å². The normalized spacial score (nSPS) is 11.2. The summed E-state index contributed by atoms with van der Waals surface area (Å²) in [5.41, 5.74) is 9.46. The predicted molar refractivity (Wildman–Crippen MR) is 112 cm³/mol. The van der Waals surface area contributed by atoms with E-state index in [4.69, 9.17) is 17.3 Å². The van der Waals surface area contributed by atoms with Crippen molar-refractivity contribution in [2.24, 2.45) is 5.10 Å². The molecule has 0 saturated carbocycles. The number of non-ortho nitro benzene ring substituents is 1. The zero-order chi connectivity index (χ0) is 21.7. The van der Waals surface area contributed by atoms with E-state index in [0.717, 1.165) is 11.6 Å². The number of benzene rings is 2. The summed E-state index contributed by atoms with van der Waals surface area (Å²) in [5.74, 6) is 0. The molecule has 0 fully saturated rings. The largest absolute Gasteiger partial charge is 0.398 e. The Morgan fingerprint density at radius 1 is 1.03 bits per heavy atom. The summed E-state index contributed by atoms with van der Waals surface area (Å²) in [6.45, 7) is 0.329. The number of nitro benzene ring substituents is 2. The predicted octanol–water partition coefficient (Wildman–Crippen LogP) is 3.54. The molecule has 0 aliphatic heterocycles. The first-order chi connectivity index (χ1) is 14.3. The Kier molecular flexibility index (Phi) is 6.18. The Morgan fingerprint density at radius 3 is 2.30 bits per heavy atom. The molecule has 3 aromatic rings. The third kappa shape index (κ3) is 5.06. The fraction of sp³-hybridized carbons (Fsp3) is 0.0526. The average molecular weight is 428 g/mol. The van der Waals surface area contributed by atoms with Crippen molar-refractivity contribution in [2.45, 2.75) is 6.54 Å². The standard InChI is InChI=1S/C19H15ClN6O4/c20-14-3-1-13(2-4-14)18(12-24-9-7-15(21)8-10-24)23-22-17-6-5-16(25(27)28)11-19(17)26(29)30/h1-11,21-22H,12H2/p+1/b23-18+. The number of hydrazone groups is 1. The Bertz CT molecular complexity index is 1120. The molecule has 0 radical (unpaired) electrons. The summed E-state index contributed by atoms with van der Waals surface area (Å²) in [7, 11) is 0. The number of nitrogens with zero attached hydrogens (tertiary/aromatic N) is 4. The second-order valence-corrected chi connectivity index (χ2v) is 6.63. The molecule has 0 atom stereocenters. The molecule has 3 N–H and O–H groups in total. The maximum absolute atomic E-state index is 11.3. The zero-order valence-electron chi connectivity index (χ0n) is 15.4. The Hall–Kier alpha value is -4.05. The molecule has 0 unspecified atom stereocenters. The first-order valence-corrected chi connectivity index (χ1v) is 8.97. The Balaban J connectivity index is 1.97. The van der Waals surface area contributed by atoms with Crippen molar-refractivity contribution in [3.05, 3.63) is 97.8 Å². The Labute approximate surface area is 175 Å². The molecular weight excluding hydrogens is 412 g/mol. The van der Waals surface area contributed by atoms with Crippen LogP contribution in [-0.4, -0.2) is 15.6 Å². The van der Waals surface area contributed by atoms with Gasteiger partial charge >= 0.3 is 5.69 Å². The quantitative estimate of drug-likeness (QED) is 0.255. The SMILES string of the molecule is Nc1cc[n+](C/C(=N\Nc2ccc([N+](=O)[O-])cc2[N+](=O)[O-])c2ccc(Cl)cc2)cc1. The van der Waals surface area contributed by atoms with Gasteiger partial charge in [0.25, 0.3) is 5.69 Å². The first kappa shape index (κ1) is 20.7. The van der Waals surface area contributed by atoms with Gasteiger partial charge in [-0.1, -0.05) is 23.7 Å². The molecule has 0 amide bonds. The fourth-order valence-electron chi connectivity index (χ4n) is 2.59. The van der Waals surface area contributed by atoms with E-state index in [1.165, 1.54) is 12.1 Å². The number of halogens is 1. The van der Waals surface area contributed by atoms with Crippen LogP contribution in [-0.2, 0) is 6.54 Å². The van der Waals surface area contributed by atoms with Gasteiger partial charge in [0, 0.05) is 34.5 Å². The highest BCUT2D eigenvalue weighted by molar-refractivity contribution is 6.30. The van der Waals surface area contributed by atoms with Crippen molar-refractivity contribution in [2.75, 3.05) is 11.2 Å². The van der Waals surface area contributed by atoms with E-state index in [9.17, 15) is 20.2 Å². The number of nitrogen functional groups attached to an aromatic ring is 1. The van der Waals surface area contributed by atoms with Crippen LogP contribution in [0.4, 0.5) is 22.7 Å². The zero-order valence-corrected chi connectivity index (χ0v) is 16.2. The van der Waals surface area contributed by atoms with Gasteiger partial charge in [0.2, 0.25) is 0 Å². The molecule has 0 spiro atoms. The Morgan fingerprint density at radius 2 is 1.70 bits per heavy atom. The molecule has 1 heterocycles. The minimum atomic E-state index is -0.707. The van der Waals surface area contributed by atoms with E-state index in [1.807, 2.05) is 4.57 Å². The summed E-state index contributed by atoms with van der Waals surface area (Å²) in [4.78, 5) is 20.8. The first-order valence-electron chi connectivity index (χ1n) is 8.59. The van der Waals surface area contributed by atoms with E-state index in [0.29, 0.717) is 23.0 Å². The summed E-state index contributed by atoms with van der Waals surface area (Å²) in [6.07, 6.45) is 3.55. The van der Waals surface area contributed by atoms with Gasteiger partial charge in [0.15, 0.2) is 18.9 Å². The molecule has 0 saturated heterocycles. The van der Waals surface area contributed by atoms with Crippen LogP contribution in [0, 0.1) is 20.2 Å². The summed E-state index contributed by atoms with van der Waals surface area (Å²) >= 11 is 5.96. The number of hydrogen-bond acceptors (Lipinski definition) is 7. The molecule has 30 heavy (non-hydrogen) atoms. The molecule has 2 aromatic carbocycles. The highest BCUT2D eigenvalue weighted by Crippen LogP contribution is 2.29. The molecule has 3 rings (SSSR count). The fourth-order valence-corrected chi connectivity index (χ4v) is 2.71. The third-order valence-electron chi connectivity index (χ3n) is 4.13. The number of nitrogens with two attached hydrogens (primary N) is 1. The monoisotopic (exact) mass is 427 g/mol. The second-order valence-electron chi connectivity index (χ2n) is 6.20. The van der Waals surface area contributed by atoms with Gasteiger partial charge in [-0.3, -0.25) is 25.7 Å². The molecule has 10 nitrogen and oxygen atoms in total. The van der Waals surface area contributed by atoms with E-state index in [-0.39, 0.29) is 11.4 Å². The molecule has 11 heteroatoms. The van der Waals surface area contributed by atoms with Crippen molar-refractivity contribution < 1.29 is 14.4 Å². The molecule has 0 aliphatic carbocycles.